The highest BCUT2D eigenvalue weighted by atomic mass is 32.1. The van der Waals surface area contributed by atoms with Crippen molar-refractivity contribution >= 4 is 17.1 Å². The second-order valence-corrected chi connectivity index (χ2v) is 4.54. The molecule has 0 N–H and O–H groups in total. The number of nitrogens with zero attached hydrogens (tertiary/aromatic N) is 1. The molecule has 2 aromatic rings. The monoisotopic (exact) mass is 263 g/mol. The first-order chi connectivity index (χ1) is 8.65. The zero-order chi connectivity index (χ0) is 13.1. The van der Waals surface area contributed by atoms with Crippen LogP contribution in [0, 0.1) is 0 Å². The Labute approximate surface area is 109 Å². The van der Waals surface area contributed by atoms with Crippen LogP contribution in [0.5, 0.6) is 11.5 Å². The van der Waals surface area contributed by atoms with E-state index in [2.05, 4.69) is 4.98 Å². The molecule has 0 saturated carbocycles. The van der Waals surface area contributed by atoms with Crippen LogP contribution in [0.1, 0.15) is 17.4 Å². The Bertz CT molecular complexity index is 555. The molecule has 1 aromatic carbocycles. The Morgan fingerprint density at radius 2 is 1.78 bits per heavy atom. The molecule has 5 heteroatoms. The summed E-state index contributed by atoms with van der Waals surface area (Å²) in [6.07, 6.45) is 0. The average Bonchev–Trinajstić information content (AvgIpc) is 2.87. The van der Waals surface area contributed by atoms with E-state index in [0.29, 0.717) is 17.2 Å². The van der Waals surface area contributed by atoms with E-state index in [-0.39, 0.29) is 5.78 Å². The molecule has 1 heterocycles. The van der Waals surface area contributed by atoms with Crippen LogP contribution in [0.15, 0.2) is 23.7 Å². The second kappa shape index (κ2) is 5.18. The SMILES string of the molecule is COc1cc(OC)cc(-c2scnc2C(C)=O)c1. The lowest BCUT2D eigenvalue weighted by Gasteiger charge is -2.07. The maximum Gasteiger partial charge on any atom is 0.179 e. The molecular formula is C13H13NO3S. The van der Waals surface area contributed by atoms with Crippen LogP contribution in [0.25, 0.3) is 10.4 Å². The summed E-state index contributed by atoms with van der Waals surface area (Å²) >= 11 is 1.43. The number of ether oxygens (including phenoxy) is 2. The molecule has 0 bridgehead atoms. The van der Waals surface area contributed by atoms with Crippen molar-refractivity contribution in [2.75, 3.05) is 14.2 Å². The number of benzene rings is 1. The van der Waals surface area contributed by atoms with Crippen molar-refractivity contribution in [1.82, 2.24) is 4.98 Å². The molecule has 0 fully saturated rings. The third-order valence-electron chi connectivity index (χ3n) is 2.51. The number of methoxy groups -OCH3 is 2. The summed E-state index contributed by atoms with van der Waals surface area (Å²) < 4.78 is 10.4. The Balaban J connectivity index is 2.55. The first kappa shape index (κ1) is 12.6. The van der Waals surface area contributed by atoms with E-state index in [1.54, 1.807) is 25.8 Å². The summed E-state index contributed by atoms with van der Waals surface area (Å²) in [4.78, 5) is 16.4. The third kappa shape index (κ3) is 2.36. The minimum absolute atomic E-state index is 0.0481. The Morgan fingerprint density at radius 1 is 1.17 bits per heavy atom. The minimum atomic E-state index is -0.0481. The maximum atomic E-state index is 11.5. The molecule has 0 aliphatic heterocycles. The first-order valence-electron chi connectivity index (χ1n) is 5.33. The molecule has 0 unspecified atom stereocenters. The third-order valence-corrected chi connectivity index (χ3v) is 3.39. The van der Waals surface area contributed by atoms with Gasteiger partial charge in [0.25, 0.3) is 0 Å². The molecular weight excluding hydrogens is 250 g/mol. The molecule has 0 radical (unpaired) electrons. The van der Waals surface area contributed by atoms with E-state index < -0.39 is 0 Å². The average molecular weight is 263 g/mol. The molecule has 0 spiro atoms. The van der Waals surface area contributed by atoms with Gasteiger partial charge in [-0.2, -0.15) is 0 Å². The summed E-state index contributed by atoms with van der Waals surface area (Å²) in [6.45, 7) is 1.51. The highest BCUT2D eigenvalue weighted by Gasteiger charge is 2.14. The molecule has 0 amide bonds. The Morgan fingerprint density at radius 3 is 2.28 bits per heavy atom. The Hall–Kier alpha value is -1.88. The zero-order valence-corrected chi connectivity index (χ0v) is 11.2. The number of rotatable bonds is 4. The maximum absolute atomic E-state index is 11.5. The van der Waals surface area contributed by atoms with Crippen LogP contribution in [-0.2, 0) is 0 Å². The lowest BCUT2D eigenvalue weighted by Crippen LogP contribution is -1.95. The van der Waals surface area contributed by atoms with Gasteiger partial charge in [-0.3, -0.25) is 4.79 Å². The number of hydrogen-bond donors (Lipinski definition) is 0. The number of carbonyl (C=O) groups excluding carboxylic acids is 1. The number of aromatic nitrogens is 1. The number of hydrogen-bond acceptors (Lipinski definition) is 5. The fourth-order valence-electron chi connectivity index (χ4n) is 1.64. The zero-order valence-electron chi connectivity index (χ0n) is 10.4. The van der Waals surface area contributed by atoms with Gasteiger partial charge in [-0.25, -0.2) is 4.98 Å². The molecule has 94 valence electrons. The van der Waals surface area contributed by atoms with Crippen molar-refractivity contribution in [3.8, 4) is 21.9 Å². The van der Waals surface area contributed by atoms with Crippen molar-refractivity contribution in [2.45, 2.75) is 6.92 Å². The fraction of sp³-hybridized carbons (Fsp3) is 0.231. The van der Waals surface area contributed by atoms with E-state index in [1.165, 1.54) is 18.3 Å². The van der Waals surface area contributed by atoms with Gasteiger partial charge in [0.15, 0.2) is 5.78 Å². The van der Waals surface area contributed by atoms with E-state index in [9.17, 15) is 4.79 Å². The summed E-state index contributed by atoms with van der Waals surface area (Å²) in [7, 11) is 3.19. The molecule has 0 saturated heterocycles. The van der Waals surface area contributed by atoms with E-state index in [1.807, 2.05) is 12.1 Å². The number of carbonyl (C=O) groups is 1. The highest BCUT2D eigenvalue weighted by Crippen LogP contribution is 2.34. The lowest BCUT2D eigenvalue weighted by molar-refractivity contribution is 0.101. The van der Waals surface area contributed by atoms with Gasteiger partial charge in [0.2, 0.25) is 0 Å². The minimum Gasteiger partial charge on any atom is -0.497 e. The number of thiazole rings is 1. The van der Waals surface area contributed by atoms with Gasteiger partial charge in [0.1, 0.15) is 17.2 Å². The number of Topliss-reactive ketones (excluding diaryl/α,β-unsaturated/α-hetero) is 1. The van der Waals surface area contributed by atoms with Crippen molar-refractivity contribution in [1.29, 1.82) is 0 Å². The van der Waals surface area contributed by atoms with E-state index >= 15 is 0 Å². The second-order valence-electron chi connectivity index (χ2n) is 3.69. The van der Waals surface area contributed by atoms with Crippen LogP contribution in [0.4, 0.5) is 0 Å². The molecule has 0 aliphatic carbocycles. The normalized spacial score (nSPS) is 10.2. The predicted molar refractivity (Wildman–Crippen MR) is 70.7 cm³/mol. The first-order valence-corrected chi connectivity index (χ1v) is 6.21. The molecule has 4 nitrogen and oxygen atoms in total. The molecule has 0 atom stereocenters. The van der Waals surface area contributed by atoms with Gasteiger partial charge >= 0.3 is 0 Å². The van der Waals surface area contributed by atoms with Crippen molar-refractivity contribution in [2.24, 2.45) is 0 Å². The number of ketones is 1. The van der Waals surface area contributed by atoms with Gasteiger partial charge in [-0.05, 0) is 12.1 Å². The van der Waals surface area contributed by atoms with Gasteiger partial charge in [0, 0.05) is 18.6 Å². The molecule has 0 aliphatic rings. The largest absolute Gasteiger partial charge is 0.497 e. The molecule has 1 aromatic heterocycles. The molecule has 18 heavy (non-hydrogen) atoms. The van der Waals surface area contributed by atoms with Crippen LogP contribution in [0.3, 0.4) is 0 Å². The summed E-state index contributed by atoms with van der Waals surface area (Å²) in [5.41, 5.74) is 3.02. The van der Waals surface area contributed by atoms with Crippen molar-refractivity contribution in [3.05, 3.63) is 29.4 Å². The highest BCUT2D eigenvalue weighted by molar-refractivity contribution is 7.13. The van der Waals surface area contributed by atoms with Crippen molar-refractivity contribution < 1.29 is 14.3 Å². The smallest absolute Gasteiger partial charge is 0.179 e. The van der Waals surface area contributed by atoms with Crippen LogP contribution in [0.2, 0.25) is 0 Å². The van der Waals surface area contributed by atoms with Crippen LogP contribution >= 0.6 is 11.3 Å². The van der Waals surface area contributed by atoms with Gasteiger partial charge < -0.3 is 9.47 Å². The van der Waals surface area contributed by atoms with Crippen molar-refractivity contribution in [3.63, 3.8) is 0 Å². The summed E-state index contributed by atoms with van der Waals surface area (Å²) in [6, 6.07) is 5.52. The molecule has 2 rings (SSSR count). The summed E-state index contributed by atoms with van der Waals surface area (Å²) in [5.74, 6) is 1.33. The van der Waals surface area contributed by atoms with Crippen LogP contribution < -0.4 is 9.47 Å². The quantitative estimate of drug-likeness (QED) is 0.795. The summed E-state index contributed by atoms with van der Waals surface area (Å²) in [5, 5.41) is 0. The van der Waals surface area contributed by atoms with Gasteiger partial charge in [-0.1, -0.05) is 0 Å². The van der Waals surface area contributed by atoms with Gasteiger partial charge in [-0.15, -0.1) is 11.3 Å². The van der Waals surface area contributed by atoms with E-state index in [4.69, 9.17) is 9.47 Å². The predicted octanol–water partition coefficient (Wildman–Crippen LogP) is 3.03. The topological polar surface area (TPSA) is 48.4 Å². The Kier molecular flexibility index (Phi) is 3.62. The van der Waals surface area contributed by atoms with Gasteiger partial charge in [0.05, 0.1) is 24.6 Å². The van der Waals surface area contributed by atoms with E-state index in [0.717, 1.165) is 10.4 Å². The standard InChI is InChI=1S/C13H13NO3S/c1-8(15)12-13(18-7-14-12)9-4-10(16-2)6-11(5-9)17-3/h4-7H,1-3H3. The lowest BCUT2D eigenvalue weighted by atomic mass is 10.1. The van der Waals surface area contributed by atoms with Crippen LogP contribution in [-0.4, -0.2) is 25.0 Å². The fourth-order valence-corrected chi connectivity index (χ4v) is 2.47.